The molecule has 1 aromatic heterocycles. The molecular weight excluding hydrogens is 483 g/mol. The van der Waals surface area contributed by atoms with Crippen molar-refractivity contribution in [2.45, 2.75) is 24.8 Å². The number of hydrogen-bond acceptors (Lipinski definition) is 6. The Balaban J connectivity index is 0.000000384. The molecule has 9 nitrogen and oxygen atoms in total. The van der Waals surface area contributed by atoms with Crippen LogP contribution in [0.5, 0.6) is 5.75 Å². The number of amides is 2. The first-order valence-electron chi connectivity index (χ1n) is 11.3. The van der Waals surface area contributed by atoms with E-state index in [0.717, 1.165) is 11.3 Å². The number of halogens is 3. The lowest BCUT2D eigenvalue weighted by atomic mass is 9.93. The number of carboxylic acid groups (broad SMARTS) is 1. The van der Waals surface area contributed by atoms with Gasteiger partial charge in [0.1, 0.15) is 5.75 Å². The monoisotopic (exact) mass is 507 g/mol. The second-order valence-electron chi connectivity index (χ2n) is 8.71. The van der Waals surface area contributed by atoms with E-state index in [9.17, 15) is 22.8 Å². The highest BCUT2D eigenvalue weighted by molar-refractivity contribution is 5.93. The third-order valence-corrected chi connectivity index (χ3v) is 6.38. The number of aliphatic carboxylic acids is 1. The summed E-state index contributed by atoms with van der Waals surface area (Å²) in [4.78, 5) is 40.0. The van der Waals surface area contributed by atoms with Crippen molar-refractivity contribution in [1.82, 2.24) is 15.2 Å². The van der Waals surface area contributed by atoms with Gasteiger partial charge in [-0.15, -0.1) is 0 Å². The number of benzene rings is 1. The maximum absolute atomic E-state index is 13.0. The highest BCUT2D eigenvalue weighted by atomic mass is 19.4. The molecule has 5 rings (SSSR count). The molecule has 0 radical (unpaired) electrons. The minimum Gasteiger partial charge on any atom is -0.480 e. The van der Waals surface area contributed by atoms with E-state index in [1.54, 1.807) is 24.5 Å². The molecule has 0 saturated carbocycles. The van der Waals surface area contributed by atoms with Gasteiger partial charge >= 0.3 is 12.1 Å². The van der Waals surface area contributed by atoms with Gasteiger partial charge in [-0.3, -0.25) is 14.6 Å². The molecule has 3 aliphatic rings. The highest BCUT2D eigenvalue weighted by Gasteiger charge is 2.47. The van der Waals surface area contributed by atoms with Gasteiger partial charge in [0, 0.05) is 55.8 Å². The Kier molecular flexibility index (Phi) is 7.43. The third-order valence-electron chi connectivity index (χ3n) is 6.38. The number of carboxylic acids is 1. The second-order valence-corrected chi connectivity index (χ2v) is 8.71. The first-order chi connectivity index (χ1) is 17.1. The lowest BCUT2D eigenvalue weighted by Crippen LogP contribution is -2.41. The summed E-state index contributed by atoms with van der Waals surface area (Å²) in [5, 5.41) is 10.1. The zero-order valence-electron chi connectivity index (χ0n) is 19.0. The van der Waals surface area contributed by atoms with Crippen molar-refractivity contribution in [3.05, 3.63) is 59.9 Å². The number of hydrogen-bond donors (Lipinski definition) is 2. The molecule has 3 aliphatic heterocycles. The summed E-state index contributed by atoms with van der Waals surface area (Å²) in [5.74, 6) is -1.60. The van der Waals surface area contributed by atoms with Crippen LogP contribution in [0, 0.1) is 11.8 Å². The van der Waals surface area contributed by atoms with Gasteiger partial charge in [-0.2, -0.15) is 13.2 Å². The number of carbonyl (C=O) groups excluding carboxylic acids is 2. The standard InChI is InChI=1S/C22H23N3O4.C2HF3O2/c26-21(14-5-7-23-8-6-14)24-10-16-13-28-20-12-25(11-17(16)20)22(27)19-9-15-3-1-2-4-18(15)29-19;3-2(4,5)1(6)7/h1-8,16-17,19-20H,9-13H2,(H,24,26);(H,6,7)/t16-,17+,19?,20+;/m0./s1. The SMILES string of the molecule is O=C(NC[C@H]1CO[C@@H]2CN(C(=O)C3Cc4ccccc4O3)C[C@H]12)c1ccncc1.O=C(O)C(F)(F)F. The van der Waals surface area contributed by atoms with Crippen molar-refractivity contribution >= 4 is 17.8 Å². The van der Waals surface area contributed by atoms with Gasteiger partial charge in [0.2, 0.25) is 0 Å². The molecule has 12 heteroatoms. The number of nitrogens with one attached hydrogen (secondary N) is 1. The number of rotatable bonds is 4. The Labute approximate surface area is 204 Å². The van der Waals surface area contributed by atoms with Crippen molar-refractivity contribution in [3.8, 4) is 5.75 Å². The zero-order chi connectivity index (χ0) is 25.9. The van der Waals surface area contributed by atoms with Crippen molar-refractivity contribution in [1.29, 1.82) is 0 Å². The van der Waals surface area contributed by atoms with Crippen LogP contribution in [0.2, 0.25) is 0 Å². The molecule has 36 heavy (non-hydrogen) atoms. The number of aromatic nitrogens is 1. The number of carbonyl (C=O) groups is 3. The van der Waals surface area contributed by atoms with Gasteiger partial charge in [-0.25, -0.2) is 4.79 Å². The average molecular weight is 507 g/mol. The predicted octanol–water partition coefficient (Wildman–Crippen LogP) is 1.92. The quantitative estimate of drug-likeness (QED) is 0.649. The van der Waals surface area contributed by atoms with Crippen molar-refractivity contribution < 1.29 is 42.1 Å². The highest BCUT2D eigenvalue weighted by Crippen LogP contribution is 2.35. The zero-order valence-corrected chi connectivity index (χ0v) is 19.0. The number of nitrogens with zero attached hydrogens (tertiary/aromatic N) is 2. The van der Waals surface area contributed by atoms with Gasteiger partial charge in [-0.1, -0.05) is 18.2 Å². The van der Waals surface area contributed by atoms with Crippen molar-refractivity contribution in [2.75, 3.05) is 26.2 Å². The fraction of sp³-hybridized carbons (Fsp3) is 0.417. The Bertz CT molecular complexity index is 1090. The average Bonchev–Trinajstić information content (AvgIpc) is 3.57. The third kappa shape index (κ3) is 5.76. The van der Waals surface area contributed by atoms with E-state index >= 15 is 0 Å². The summed E-state index contributed by atoms with van der Waals surface area (Å²) < 4.78 is 43.5. The molecular formula is C24H24F3N3O6. The minimum absolute atomic E-state index is 0.0266. The van der Waals surface area contributed by atoms with E-state index in [0.29, 0.717) is 38.2 Å². The minimum atomic E-state index is -5.08. The smallest absolute Gasteiger partial charge is 0.480 e. The van der Waals surface area contributed by atoms with E-state index in [4.69, 9.17) is 19.4 Å². The number of likely N-dealkylation sites (tertiary alicyclic amines) is 1. The van der Waals surface area contributed by atoms with E-state index in [1.807, 2.05) is 29.2 Å². The molecule has 192 valence electrons. The molecule has 0 aliphatic carbocycles. The van der Waals surface area contributed by atoms with Crippen LogP contribution in [0.3, 0.4) is 0 Å². The van der Waals surface area contributed by atoms with E-state index in [1.165, 1.54) is 0 Å². The fourth-order valence-electron chi connectivity index (χ4n) is 4.54. The summed E-state index contributed by atoms with van der Waals surface area (Å²) in [6.45, 7) is 2.39. The van der Waals surface area contributed by atoms with E-state index in [-0.39, 0.29) is 29.8 Å². The van der Waals surface area contributed by atoms with Gasteiger partial charge in [0.15, 0.2) is 6.10 Å². The van der Waals surface area contributed by atoms with Gasteiger partial charge in [0.05, 0.1) is 12.7 Å². The maximum Gasteiger partial charge on any atom is 0.490 e. The van der Waals surface area contributed by atoms with E-state index in [2.05, 4.69) is 10.3 Å². The largest absolute Gasteiger partial charge is 0.490 e. The Morgan fingerprint density at radius 1 is 1.11 bits per heavy atom. The number of fused-ring (bicyclic) bond motifs is 2. The molecule has 0 bridgehead atoms. The Morgan fingerprint density at radius 2 is 1.81 bits per heavy atom. The number of pyridine rings is 1. The number of para-hydroxylation sites is 1. The Hall–Kier alpha value is -3.67. The maximum atomic E-state index is 13.0. The molecule has 2 amide bonds. The molecule has 0 spiro atoms. The van der Waals surface area contributed by atoms with Gasteiger partial charge in [0.25, 0.3) is 11.8 Å². The lowest BCUT2D eigenvalue weighted by Gasteiger charge is -2.22. The van der Waals surface area contributed by atoms with E-state index < -0.39 is 18.2 Å². The van der Waals surface area contributed by atoms with Crippen LogP contribution in [0.4, 0.5) is 13.2 Å². The summed E-state index contributed by atoms with van der Waals surface area (Å²) in [5.41, 5.74) is 1.68. The van der Waals surface area contributed by atoms with Crippen molar-refractivity contribution in [2.24, 2.45) is 11.8 Å². The predicted molar refractivity (Wildman–Crippen MR) is 118 cm³/mol. The molecule has 1 aromatic carbocycles. The number of alkyl halides is 3. The van der Waals surface area contributed by atoms with Crippen LogP contribution < -0.4 is 10.1 Å². The molecule has 4 heterocycles. The topological polar surface area (TPSA) is 118 Å². The number of ether oxygens (including phenoxy) is 2. The van der Waals surface area contributed by atoms with Crippen LogP contribution in [0.25, 0.3) is 0 Å². The van der Waals surface area contributed by atoms with Crippen LogP contribution in [-0.4, -0.2) is 77.4 Å². The summed E-state index contributed by atoms with van der Waals surface area (Å²) in [6, 6.07) is 11.2. The fourth-order valence-corrected chi connectivity index (χ4v) is 4.54. The molecule has 4 atom stereocenters. The van der Waals surface area contributed by atoms with Gasteiger partial charge < -0.3 is 24.8 Å². The molecule has 2 aromatic rings. The second kappa shape index (κ2) is 10.5. The molecule has 2 fully saturated rings. The van der Waals surface area contributed by atoms with Crippen molar-refractivity contribution in [3.63, 3.8) is 0 Å². The first kappa shape index (κ1) is 25.4. The normalized spacial score (nSPS) is 24.1. The van der Waals surface area contributed by atoms with Gasteiger partial charge in [-0.05, 0) is 23.8 Å². The molecule has 2 N–H and O–H groups in total. The lowest BCUT2D eigenvalue weighted by molar-refractivity contribution is -0.192. The van der Waals surface area contributed by atoms with Crippen LogP contribution in [-0.2, 0) is 20.7 Å². The summed E-state index contributed by atoms with van der Waals surface area (Å²) >= 11 is 0. The Morgan fingerprint density at radius 3 is 2.47 bits per heavy atom. The van der Waals surface area contributed by atoms with Crippen LogP contribution in [0.15, 0.2) is 48.8 Å². The van der Waals surface area contributed by atoms with Crippen LogP contribution in [0.1, 0.15) is 15.9 Å². The van der Waals surface area contributed by atoms with Crippen LogP contribution >= 0.6 is 0 Å². The first-order valence-corrected chi connectivity index (χ1v) is 11.3. The molecule has 2 saturated heterocycles. The summed E-state index contributed by atoms with van der Waals surface area (Å²) in [6.07, 6.45) is -1.67. The summed E-state index contributed by atoms with van der Waals surface area (Å²) in [7, 11) is 0. The molecule has 1 unspecified atom stereocenters.